The summed E-state index contributed by atoms with van der Waals surface area (Å²) in [6.07, 6.45) is 0.198. The van der Waals surface area contributed by atoms with Crippen molar-refractivity contribution in [2.45, 2.75) is 0 Å². The van der Waals surface area contributed by atoms with Crippen LogP contribution < -0.4 is 14.8 Å². The molecule has 1 N–H and O–H groups in total. The van der Waals surface area contributed by atoms with Crippen LogP contribution in [0.2, 0.25) is 0 Å². The lowest BCUT2D eigenvalue weighted by molar-refractivity contribution is -0.127. The molecular formula is C10H11NO4. The lowest BCUT2D eigenvalue weighted by Crippen LogP contribution is -2.12. The molecule has 1 aromatic carbocycles. The minimum absolute atomic E-state index is 0.198. The standard InChI is InChI=1S/C10H11NO4/c1-14-7-3-4-8(9(5-7)15-2)11-10(13)6-12/h3-6H,1-2H3,(H,11,13). The van der Waals surface area contributed by atoms with E-state index in [1.54, 1.807) is 18.2 Å². The number of nitrogens with one attached hydrogen (secondary N) is 1. The monoisotopic (exact) mass is 209 g/mol. The number of aldehydes is 1. The fourth-order valence-corrected chi connectivity index (χ4v) is 1.06. The zero-order chi connectivity index (χ0) is 11.3. The Kier molecular flexibility index (Phi) is 3.68. The van der Waals surface area contributed by atoms with Gasteiger partial charge < -0.3 is 14.8 Å². The predicted octanol–water partition coefficient (Wildman–Crippen LogP) is 0.841. The molecular weight excluding hydrogens is 198 g/mol. The molecule has 0 unspecified atom stereocenters. The SMILES string of the molecule is COc1ccc(NC(=O)C=O)c(OC)c1. The minimum atomic E-state index is -0.724. The third-order valence-corrected chi connectivity index (χ3v) is 1.77. The average molecular weight is 209 g/mol. The van der Waals surface area contributed by atoms with Crippen molar-refractivity contribution in [2.24, 2.45) is 0 Å². The van der Waals surface area contributed by atoms with E-state index in [2.05, 4.69) is 5.32 Å². The van der Waals surface area contributed by atoms with Crippen LogP contribution in [0, 0.1) is 0 Å². The third kappa shape index (κ3) is 2.70. The van der Waals surface area contributed by atoms with E-state index < -0.39 is 5.91 Å². The highest BCUT2D eigenvalue weighted by Gasteiger charge is 2.07. The summed E-state index contributed by atoms with van der Waals surface area (Å²) in [5.74, 6) is 0.318. The van der Waals surface area contributed by atoms with E-state index in [1.807, 2.05) is 0 Å². The lowest BCUT2D eigenvalue weighted by Gasteiger charge is -2.09. The largest absolute Gasteiger partial charge is 0.497 e. The molecule has 0 radical (unpaired) electrons. The van der Waals surface area contributed by atoms with Crippen molar-refractivity contribution in [3.05, 3.63) is 18.2 Å². The van der Waals surface area contributed by atoms with Gasteiger partial charge in [-0.2, -0.15) is 0 Å². The molecule has 0 atom stereocenters. The van der Waals surface area contributed by atoms with E-state index >= 15 is 0 Å². The Morgan fingerprint density at radius 1 is 1.33 bits per heavy atom. The summed E-state index contributed by atoms with van der Waals surface area (Å²) in [5.41, 5.74) is 0.426. The molecule has 0 fully saturated rings. The smallest absolute Gasteiger partial charge is 0.288 e. The first kappa shape index (κ1) is 11.0. The van der Waals surface area contributed by atoms with Gasteiger partial charge in [-0.05, 0) is 12.1 Å². The summed E-state index contributed by atoms with van der Waals surface area (Å²) >= 11 is 0. The van der Waals surface area contributed by atoms with Crippen LogP contribution in [0.4, 0.5) is 5.69 Å². The van der Waals surface area contributed by atoms with Crippen molar-refractivity contribution < 1.29 is 19.1 Å². The molecule has 0 bridgehead atoms. The number of carbonyl (C=O) groups excluding carboxylic acids is 2. The molecule has 0 heterocycles. The summed E-state index contributed by atoms with van der Waals surface area (Å²) in [6, 6.07) is 4.86. The number of carbonyl (C=O) groups is 2. The number of amides is 1. The van der Waals surface area contributed by atoms with Gasteiger partial charge in [0, 0.05) is 6.07 Å². The molecule has 0 aliphatic heterocycles. The Labute approximate surface area is 87.0 Å². The molecule has 1 aromatic rings. The number of hydrogen-bond acceptors (Lipinski definition) is 4. The number of benzene rings is 1. The molecule has 5 nitrogen and oxygen atoms in total. The van der Waals surface area contributed by atoms with E-state index in [1.165, 1.54) is 14.2 Å². The van der Waals surface area contributed by atoms with Crippen LogP contribution in [0.1, 0.15) is 0 Å². The maximum atomic E-state index is 10.8. The van der Waals surface area contributed by atoms with E-state index in [-0.39, 0.29) is 6.29 Å². The third-order valence-electron chi connectivity index (χ3n) is 1.77. The highest BCUT2D eigenvalue weighted by atomic mass is 16.5. The summed E-state index contributed by atoms with van der Waals surface area (Å²) in [5, 5.41) is 2.37. The number of methoxy groups -OCH3 is 2. The number of ether oxygens (including phenoxy) is 2. The van der Waals surface area contributed by atoms with Gasteiger partial charge in [0.15, 0.2) is 0 Å². The minimum Gasteiger partial charge on any atom is -0.497 e. The van der Waals surface area contributed by atoms with E-state index in [9.17, 15) is 9.59 Å². The molecule has 1 rings (SSSR count). The van der Waals surface area contributed by atoms with Gasteiger partial charge in [0.1, 0.15) is 11.5 Å². The first-order chi connectivity index (χ1) is 7.21. The summed E-state index contributed by atoms with van der Waals surface area (Å²) in [7, 11) is 2.99. The number of hydrogen-bond donors (Lipinski definition) is 1. The van der Waals surface area contributed by atoms with Crippen molar-refractivity contribution in [3.8, 4) is 11.5 Å². The topological polar surface area (TPSA) is 64.6 Å². The lowest BCUT2D eigenvalue weighted by atomic mass is 10.2. The van der Waals surface area contributed by atoms with Gasteiger partial charge in [-0.25, -0.2) is 0 Å². The molecule has 5 heteroatoms. The van der Waals surface area contributed by atoms with Gasteiger partial charge in [0.2, 0.25) is 6.29 Å². The first-order valence-electron chi connectivity index (χ1n) is 4.19. The summed E-state index contributed by atoms with van der Waals surface area (Å²) in [4.78, 5) is 21.0. The molecule has 0 aromatic heterocycles. The van der Waals surface area contributed by atoms with Gasteiger partial charge >= 0.3 is 0 Å². The predicted molar refractivity (Wildman–Crippen MR) is 54.2 cm³/mol. The Balaban J connectivity index is 2.96. The van der Waals surface area contributed by atoms with Crippen molar-refractivity contribution >= 4 is 17.9 Å². The Morgan fingerprint density at radius 3 is 2.60 bits per heavy atom. The van der Waals surface area contributed by atoms with Gasteiger partial charge in [-0.15, -0.1) is 0 Å². The van der Waals surface area contributed by atoms with Gasteiger partial charge in [0.25, 0.3) is 5.91 Å². The molecule has 0 spiro atoms. The highest BCUT2D eigenvalue weighted by molar-refractivity contribution is 6.29. The average Bonchev–Trinajstić information content (AvgIpc) is 2.29. The zero-order valence-electron chi connectivity index (χ0n) is 8.44. The summed E-state index contributed by atoms with van der Waals surface area (Å²) in [6.45, 7) is 0. The van der Waals surface area contributed by atoms with Crippen molar-refractivity contribution in [2.75, 3.05) is 19.5 Å². The van der Waals surface area contributed by atoms with Crippen LogP contribution >= 0.6 is 0 Å². The Morgan fingerprint density at radius 2 is 2.07 bits per heavy atom. The molecule has 0 aliphatic carbocycles. The van der Waals surface area contributed by atoms with E-state index in [0.29, 0.717) is 17.2 Å². The highest BCUT2D eigenvalue weighted by Crippen LogP contribution is 2.28. The van der Waals surface area contributed by atoms with E-state index in [4.69, 9.17) is 9.47 Å². The number of anilines is 1. The normalized spacial score (nSPS) is 9.20. The first-order valence-corrected chi connectivity index (χ1v) is 4.19. The molecule has 0 aliphatic rings. The van der Waals surface area contributed by atoms with Crippen LogP contribution in [0.5, 0.6) is 11.5 Å². The van der Waals surface area contributed by atoms with Crippen LogP contribution in [0.15, 0.2) is 18.2 Å². The fourth-order valence-electron chi connectivity index (χ4n) is 1.06. The molecule has 0 saturated heterocycles. The van der Waals surface area contributed by atoms with E-state index in [0.717, 1.165) is 0 Å². The fraction of sp³-hybridized carbons (Fsp3) is 0.200. The maximum absolute atomic E-state index is 10.8. The Hall–Kier alpha value is -2.04. The van der Waals surface area contributed by atoms with Crippen LogP contribution in [-0.2, 0) is 9.59 Å². The van der Waals surface area contributed by atoms with Crippen LogP contribution in [0.25, 0.3) is 0 Å². The van der Waals surface area contributed by atoms with Gasteiger partial charge in [0.05, 0.1) is 19.9 Å². The maximum Gasteiger partial charge on any atom is 0.288 e. The Bertz CT molecular complexity index is 376. The zero-order valence-corrected chi connectivity index (χ0v) is 8.44. The van der Waals surface area contributed by atoms with Crippen LogP contribution in [0.3, 0.4) is 0 Å². The second-order valence-corrected chi connectivity index (χ2v) is 2.67. The van der Waals surface area contributed by atoms with Crippen molar-refractivity contribution in [3.63, 3.8) is 0 Å². The number of rotatable bonds is 4. The van der Waals surface area contributed by atoms with Gasteiger partial charge in [-0.3, -0.25) is 9.59 Å². The van der Waals surface area contributed by atoms with Crippen LogP contribution in [-0.4, -0.2) is 26.4 Å². The second kappa shape index (κ2) is 4.99. The van der Waals surface area contributed by atoms with Crippen molar-refractivity contribution in [1.82, 2.24) is 0 Å². The molecule has 15 heavy (non-hydrogen) atoms. The molecule has 0 saturated carbocycles. The second-order valence-electron chi connectivity index (χ2n) is 2.67. The molecule has 1 amide bonds. The van der Waals surface area contributed by atoms with Gasteiger partial charge in [-0.1, -0.05) is 0 Å². The summed E-state index contributed by atoms with van der Waals surface area (Å²) < 4.78 is 10.0. The quantitative estimate of drug-likeness (QED) is 0.589. The molecule has 80 valence electrons. The van der Waals surface area contributed by atoms with Crippen molar-refractivity contribution in [1.29, 1.82) is 0 Å².